The molecule has 0 aliphatic heterocycles. The minimum absolute atomic E-state index is 0.157. The van der Waals surface area contributed by atoms with Crippen LogP contribution in [0.3, 0.4) is 0 Å². The highest BCUT2D eigenvalue weighted by atomic mass is 16.5. The van der Waals surface area contributed by atoms with E-state index in [1.807, 2.05) is 13.0 Å². The second kappa shape index (κ2) is 6.05. The van der Waals surface area contributed by atoms with Gasteiger partial charge in [0.25, 0.3) is 5.56 Å². The Morgan fingerprint density at radius 2 is 2.25 bits per heavy atom. The van der Waals surface area contributed by atoms with Gasteiger partial charge in [-0.25, -0.2) is 0 Å². The van der Waals surface area contributed by atoms with Crippen LogP contribution < -0.4 is 11.3 Å². The summed E-state index contributed by atoms with van der Waals surface area (Å²) in [5.41, 5.74) is 5.99. The Morgan fingerprint density at radius 3 is 2.88 bits per heavy atom. The second-order valence-electron chi connectivity index (χ2n) is 3.36. The van der Waals surface area contributed by atoms with Gasteiger partial charge in [0.1, 0.15) is 11.6 Å². The maximum atomic E-state index is 11.7. The van der Waals surface area contributed by atoms with Crippen molar-refractivity contribution in [1.29, 1.82) is 5.26 Å². The van der Waals surface area contributed by atoms with Crippen molar-refractivity contribution < 1.29 is 4.74 Å². The molecule has 1 rings (SSSR count). The Hall–Kier alpha value is -1.64. The third-order valence-corrected chi connectivity index (χ3v) is 2.23. The van der Waals surface area contributed by atoms with Crippen LogP contribution in [0.2, 0.25) is 0 Å². The van der Waals surface area contributed by atoms with Gasteiger partial charge >= 0.3 is 0 Å². The minimum Gasteiger partial charge on any atom is -0.378 e. The molecular weight excluding hydrogens is 206 g/mol. The third-order valence-electron chi connectivity index (χ3n) is 2.23. The molecule has 1 aromatic rings. The van der Waals surface area contributed by atoms with Crippen LogP contribution in [-0.4, -0.2) is 24.3 Å². The largest absolute Gasteiger partial charge is 0.378 e. The van der Waals surface area contributed by atoms with Gasteiger partial charge in [0.05, 0.1) is 13.2 Å². The zero-order chi connectivity index (χ0) is 12.0. The van der Waals surface area contributed by atoms with E-state index in [0.29, 0.717) is 26.3 Å². The molecule has 2 N–H and O–H groups in total. The van der Waals surface area contributed by atoms with Gasteiger partial charge < -0.3 is 15.0 Å². The van der Waals surface area contributed by atoms with Crippen LogP contribution in [0.4, 0.5) is 0 Å². The number of hydrogen-bond donors (Lipinski definition) is 1. The summed E-state index contributed by atoms with van der Waals surface area (Å²) in [6.45, 7) is 3.64. The molecule has 1 heterocycles. The molecule has 0 saturated heterocycles. The maximum Gasteiger partial charge on any atom is 0.268 e. The van der Waals surface area contributed by atoms with E-state index in [-0.39, 0.29) is 11.1 Å². The lowest BCUT2D eigenvalue weighted by atomic mass is 10.2. The van der Waals surface area contributed by atoms with Crippen molar-refractivity contribution in [2.24, 2.45) is 5.73 Å². The molecule has 0 aromatic carbocycles. The fourth-order valence-electron chi connectivity index (χ4n) is 1.37. The van der Waals surface area contributed by atoms with Crippen LogP contribution in [0.15, 0.2) is 16.9 Å². The van der Waals surface area contributed by atoms with E-state index in [4.69, 9.17) is 15.7 Å². The Labute approximate surface area is 94.1 Å². The molecule has 0 fully saturated rings. The van der Waals surface area contributed by atoms with Crippen molar-refractivity contribution >= 4 is 0 Å². The highest BCUT2D eigenvalue weighted by Crippen LogP contribution is 1.97. The summed E-state index contributed by atoms with van der Waals surface area (Å²) < 4.78 is 6.74. The molecule has 0 saturated carbocycles. The molecule has 0 bridgehead atoms. The van der Waals surface area contributed by atoms with Crippen LogP contribution in [0.1, 0.15) is 11.3 Å². The van der Waals surface area contributed by atoms with Gasteiger partial charge in [0, 0.05) is 18.8 Å². The number of nitrogens with two attached hydrogens (primary N) is 1. The normalized spacial score (nSPS) is 10.1. The molecule has 1 aromatic heterocycles. The molecule has 5 heteroatoms. The van der Waals surface area contributed by atoms with Crippen LogP contribution in [-0.2, 0) is 11.3 Å². The van der Waals surface area contributed by atoms with E-state index in [1.165, 1.54) is 10.6 Å². The molecule has 16 heavy (non-hydrogen) atoms. The molecule has 0 radical (unpaired) electrons. The number of ether oxygens (including phenoxy) is 1. The number of pyridine rings is 1. The van der Waals surface area contributed by atoms with Crippen molar-refractivity contribution in [3.05, 3.63) is 33.7 Å². The quantitative estimate of drug-likeness (QED) is 0.710. The number of rotatable bonds is 5. The van der Waals surface area contributed by atoms with Gasteiger partial charge in [-0.15, -0.1) is 0 Å². The predicted octanol–water partition coefficient (Wildman–Crippen LogP) is 0.00370. The summed E-state index contributed by atoms with van der Waals surface area (Å²) in [7, 11) is 0. The molecule has 0 spiro atoms. The molecule has 0 aliphatic rings. The molecule has 0 unspecified atom stereocenters. The van der Waals surface area contributed by atoms with Crippen LogP contribution in [0, 0.1) is 18.3 Å². The van der Waals surface area contributed by atoms with Crippen molar-refractivity contribution in [3.8, 4) is 6.07 Å². The van der Waals surface area contributed by atoms with Gasteiger partial charge in [-0.05, 0) is 19.1 Å². The zero-order valence-electron chi connectivity index (χ0n) is 9.27. The molecule has 5 nitrogen and oxygen atoms in total. The van der Waals surface area contributed by atoms with E-state index in [9.17, 15) is 4.79 Å². The van der Waals surface area contributed by atoms with Crippen molar-refractivity contribution in [2.75, 3.05) is 19.8 Å². The number of aryl methyl sites for hydroxylation is 1. The van der Waals surface area contributed by atoms with E-state index in [0.717, 1.165) is 5.69 Å². The van der Waals surface area contributed by atoms with Gasteiger partial charge in [-0.3, -0.25) is 4.79 Å². The van der Waals surface area contributed by atoms with Crippen molar-refractivity contribution in [3.63, 3.8) is 0 Å². The molecule has 0 atom stereocenters. The van der Waals surface area contributed by atoms with Gasteiger partial charge in [-0.1, -0.05) is 0 Å². The van der Waals surface area contributed by atoms with E-state index in [2.05, 4.69) is 0 Å². The smallest absolute Gasteiger partial charge is 0.268 e. The van der Waals surface area contributed by atoms with Crippen LogP contribution in [0.5, 0.6) is 0 Å². The van der Waals surface area contributed by atoms with E-state index in [1.54, 1.807) is 6.07 Å². The summed E-state index contributed by atoms with van der Waals surface area (Å²) in [6.07, 6.45) is 0. The summed E-state index contributed by atoms with van der Waals surface area (Å²) in [4.78, 5) is 11.7. The Morgan fingerprint density at radius 1 is 1.50 bits per heavy atom. The number of aromatic nitrogens is 1. The Kier molecular flexibility index (Phi) is 4.70. The predicted molar refractivity (Wildman–Crippen MR) is 60.0 cm³/mol. The fraction of sp³-hybridized carbons (Fsp3) is 0.455. The van der Waals surface area contributed by atoms with Crippen LogP contribution >= 0.6 is 0 Å². The lowest BCUT2D eigenvalue weighted by Crippen LogP contribution is -2.26. The first-order valence-electron chi connectivity index (χ1n) is 5.09. The average molecular weight is 221 g/mol. The lowest BCUT2D eigenvalue weighted by molar-refractivity contribution is 0.132. The maximum absolute atomic E-state index is 11.7. The molecule has 0 amide bonds. The summed E-state index contributed by atoms with van der Waals surface area (Å²) in [5, 5.41) is 8.73. The highest BCUT2D eigenvalue weighted by Gasteiger charge is 2.05. The third kappa shape index (κ3) is 2.92. The molecule has 86 valence electrons. The van der Waals surface area contributed by atoms with E-state index < -0.39 is 0 Å². The Balaban J connectivity index is 2.79. The van der Waals surface area contributed by atoms with Crippen LogP contribution in [0.25, 0.3) is 0 Å². The number of hydrogen-bond acceptors (Lipinski definition) is 4. The standard InChI is InChI=1S/C11H15N3O2/c1-9-2-3-10(8-13)11(15)14(9)5-7-16-6-4-12/h2-3H,4-7,12H2,1H3. The molecule has 0 aliphatic carbocycles. The van der Waals surface area contributed by atoms with Crippen molar-refractivity contribution in [1.82, 2.24) is 4.57 Å². The lowest BCUT2D eigenvalue weighted by Gasteiger charge is -2.09. The molecular formula is C11H15N3O2. The first-order chi connectivity index (χ1) is 7.70. The summed E-state index contributed by atoms with van der Waals surface area (Å²) in [6, 6.07) is 5.16. The summed E-state index contributed by atoms with van der Waals surface area (Å²) in [5.74, 6) is 0. The Bertz CT molecular complexity index is 446. The number of nitriles is 1. The van der Waals surface area contributed by atoms with Gasteiger partial charge in [0.15, 0.2) is 0 Å². The SMILES string of the molecule is Cc1ccc(C#N)c(=O)n1CCOCCN. The highest BCUT2D eigenvalue weighted by molar-refractivity contribution is 5.27. The first kappa shape index (κ1) is 12.4. The monoisotopic (exact) mass is 221 g/mol. The zero-order valence-corrected chi connectivity index (χ0v) is 9.27. The average Bonchev–Trinajstić information content (AvgIpc) is 2.28. The van der Waals surface area contributed by atoms with Crippen molar-refractivity contribution in [2.45, 2.75) is 13.5 Å². The topological polar surface area (TPSA) is 81.0 Å². The number of nitrogens with zero attached hydrogens (tertiary/aromatic N) is 2. The summed E-state index contributed by atoms with van der Waals surface area (Å²) >= 11 is 0. The van der Waals surface area contributed by atoms with Gasteiger partial charge in [-0.2, -0.15) is 5.26 Å². The first-order valence-corrected chi connectivity index (χ1v) is 5.09. The second-order valence-corrected chi connectivity index (χ2v) is 3.36. The minimum atomic E-state index is -0.265. The van der Waals surface area contributed by atoms with Gasteiger partial charge in [0.2, 0.25) is 0 Å². The fourth-order valence-corrected chi connectivity index (χ4v) is 1.37. The van der Waals surface area contributed by atoms with E-state index >= 15 is 0 Å².